The molecule has 2 N–H and O–H groups in total. The fraction of sp³-hybridized carbons (Fsp3) is 0.615. The number of thiophene rings is 1. The molecular formula is C13H19NO2S. The van der Waals surface area contributed by atoms with Gasteiger partial charge in [0, 0.05) is 15.8 Å². The van der Waals surface area contributed by atoms with Crippen LogP contribution in [0.25, 0.3) is 0 Å². The highest BCUT2D eigenvalue weighted by Crippen LogP contribution is 2.34. The van der Waals surface area contributed by atoms with Crippen molar-refractivity contribution < 1.29 is 9.90 Å². The van der Waals surface area contributed by atoms with Crippen molar-refractivity contribution in [1.29, 1.82) is 0 Å². The number of hydrogen-bond acceptors (Lipinski definition) is 3. The number of nitrogens with one attached hydrogen (secondary N) is 1. The van der Waals surface area contributed by atoms with Gasteiger partial charge in [0.05, 0.1) is 0 Å². The van der Waals surface area contributed by atoms with Gasteiger partial charge < -0.3 is 5.11 Å². The normalized spacial score (nSPS) is 19.0. The monoisotopic (exact) mass is 253 g/mol. The molecule has 17 heavy (non-hydrogen) atoms. The van der Waals surface area contributed by atoms with Crippen LogP contribution in [0.4, 0.5) is 0 Å². The van der Waals surface area contributed by atoms with E-state index in [1.165, 1.54) is 15.3 Å². The zero-order valence-corrected chi connectivity index (χ0v) is 11.3. The van der Waals surface area contributed by atoms with Crippen LogP contribution in [0.1, 0.15) is 41.1 Å². The van der Waals surface area contributed by atoms with Crippen LogP contribution >= 0.6 is 11.3 Å². The Morgan fingerprint density at radius 1 is 1.53 bits per heavy atom. The summed E-state index contributed by atoms with van der Waals surface area (Å²) >= 11 is 1.77. The molecule has 0 saturated heterocycles. The Balaban J connectivity index is 2.07. The lowest BCUT2D eigenvalue weighted by Gasteiger charge is -2.20. The maximum absolute atomic E-state index is 11.2. The zero-order chi connectivity index (χ0) is 12.6. The van der Waals surface area contributed by atoms with Gasteiger partial charge in [0.15, 0.2) is 0 Å². The maximum atomic E-state index is 11.2. The van der Waals surface area contributed by atoms with Crippen LogP contribution in [-0.2, 0) is 4.79 Å². The SMILES string of the molecule is Cc1cc(C(C)NC(C(=O)O)C2CC2)c(C)s1. The van der Waals surface area contributed by atoms with Crippen LogP contribution in [0.3, 0.4) is 0 Å². The first-order valence-electron chi connectivity index (χ1n) is 6.05. The van der Waals surface area contributed by atoms with Crippen LogP contribution < -0.4 is 5.32 Å². The van der Waals surface area contributed by atoms with Crippen LogP contribution in [0.2, 0.25) is 0 Å². The van der Waals surface area contributed by atoms with E-state index in [2.05, 4.69) is 25.2 Å². The predicted molar refractivity (Wildman–Crippen MR) is 69.5 cm³/mol. The van der Waals surface area contributed by atoms with Crippen molar-refractivity contribution in [3.8, 4) is 0 Å². The Hall–Kier alpha value is -0.870. The Bertz CT molecular complexity index is 423. The summed E-state index contributed by atoms with van der Waals surface area (Å²) in [5.74, 6) is -0.390. The van der Waals surface area contributed by atoms with Gasteiger partial charge in [-0.3, -0.25) is 10.1 Å². The van der Waals surface area contributed by atoms with E-state index in [4.69, 9.17) is 0 Å². The zero-order valence-electron chi connectivity index (χ0n) is 10.5. The predicted octanol–water partition coefficient (Wildman–Crippen LogP) is 2.88. The molecule has 0 spiro atoms. The van der Waals surface area contributed by atoms with Gasteiger partial charge in [-0.2, -0.15) is 0 Å². The molecule has 0 amide bonds. The van der Waals surface area contributed by atoms with Gasteiger partial charge >= 0.3 is 5.97 Å². The lowest BCUT2D eigenvalue weighted by Crippen LogP contribution is -2.40. The van der Waals surface area contributed by atoms with Crippen LogP contribution in [0.5, 0.6) is 0 Å². The second kappa shape index (κ2) is 4.78. The topological polar surface area (TPSA) is 49.3 Å². The van der Waals surface area contributed by atoms with Crippen molar-refractivity contribution in [2.45, 2.75) is 45.7 Å². The van der Waals surface area contributed by atoms with E-state index in [-0.39, 0.29) is 12.1 Å². The molecule has 1 aliphatic rings. The minimum Gasteiger partial charge on any atom is -0.480 e. The first kappa shape index (κ1) is 12.6. The highest BCUT2D eigenvalue weighted by molar-refractivity contribution is 7.12. The van der Waals surface area contributed by atoms with Gasteiger partial charge in [-0.25, -0.2) is 0 Å². The second-order valence-electron chi connectivity index (χ2n) is 4.91. The molecule has 1 aromatic heterocycles. The largest absolute Gasteiger partial charge is 0.480 e. The fourth-order valence-corrected chi connectivity index (χ4v) is 3.30. The molecule has 0 aromatic carbocycles. The molecule has 0 bridgehead atoms. The molecule has 2 atom stereocenters. The summed E-state index contributed by atoms with van der Waals surface area (Å²) in [6.45, 7) is 6.23. The molecule has 94 valence electrons. The molecule has 1 saturated carbocycles. The fourth-order valence-electron chi connectivity index (χ4n) is 2.28. The summed E-state index contributed by atoms with van der Waals surface area (Å²) in [4.78, 5) is 13.7. The molecule has 1 aromatic rings. The molecule has 1 heterocycles. The molecule has 1 aliphatic carbocycles. The summed E-state index contributed by atoms with van der Waals surface area (Å²) in [5, 5.41) is 12.4. The van der Waals surface area contributed by atoms with Crippen molar-refractivity contribution in [3.05, 3.63) is 21.4 Å². The third-order valence-electron chi connectivity index (χ3n) is 3.33. The Labute approximate surface area is 106 Å². The van der Waals surface area contributed by atoms with E-state index in [1.54, 1.807) is 11.3 Å². The van der Waals surface area contributed by atoms with Gasteiger partial charge in [-0.05, 0) is 51.2 Å². The number of aryl methyl sites for hydroxylation is 2. The van der Waals surface area contributed by atoms with E-state index < -0.39 is 5.97 Å². The number of hydrogen-bond donors (Lipinski definition) is 2. The van der Waals surface area contributed by atoms with Crippen LogP contribution in [0, 0.1) is 19.8 Å². The number of carboxylic acid groups (broad SMARTS) is 1. The summed E-state index contributed by atoms with van der Waals surface area (Å²) < 4.78 is 0. The van der Waals surface area contributed by atoms with Crippen molar-refractivity contribution >= 4 is 17.3 Å². The average molecular weight is 253 g/mol. The highest BCUT2D eigenvalue weighted by atomic mass is 32.1. The van der Waals surface area contributed by atoms with Crippen molar-refractivity contribution in [2.75, 3.05) is 0 Å². The van der Waals surface area contributed by atoms with E-state index in [0.717, 1.165) is 12.8 Å². The minimum atomic E-state index is -0.719. The second-order valence-corrected chi connectivity index (χ2v) is 6.37. The molecule has 1 fully saturated rings. The van der Waals surface area contributed by atoms with Crippen LogP contribution in [-0.4, -0.2) is 17.1 Å². The standard InChI is InChI=1S/C13H19NO2S/c1-7-6-11(9(3)17-7)8(2)14-12(13(15)16)10-4-5-10/h6,8,10,12,14H,4-5H2,1-3H3,(H,15,16). The molecule has 4 heteroatoms. The van der Waals surface area contributed by atoms with E-state index in [9.17, 15) is 9.90 Å². The number of carboxylic acids is 1. The summed E-state index contributed by atoms with van der Waals surface area (Å²) in [5.41, 5.74) is 1.24. The third-order valence-corrected chi connectivity index (χ3v) is 4.32. The first-order valence-corrected chi connectivity index (χ1v) is 6.86. The van der Waals surface area contributed by atoms with E-state index >= 15 is 0 Å². The minimum absolute atomic E-state index is 0.113. The average Bonchev–Trinajstić information content (AvgIpc) is 3.00. The molecule has 3 nitrogen and oxygen atoms in total. The van der Waals surface area contributed by atoms with Crippen LogP contribution in [0.15, 0.2) is 6.07 Å². The van der Waals surface area contributed by atoms with Gasteiger partial charge in [0.2, 0.25) is 0 Å². The number of rotatable bonds is 5. The molecule has 0 aliphatic heterocycles. The van der Waals surface area contributed by atoms with E-state index in [1.807, 2.05) is 6.92 Å². The quantitative estimate of drug-likeness (QED) is 0.848. The van der Waals surface area contributed by atoms with Crippen molar-refractivity contribution in [3.63, 3.8) is 0 Å². The number of aliphatic carboxylic acids is 1. The Kier molecular flexibility index (Phi) is 3.54. The third kappa shape index (κ3) is 2.87. The Morgan fingerprint density at radius 3 is 2.59 bits per heavy atom. The van der Waals surface area contributed by atoms with Gasteiger partial charge in [0.1, 0.15) is 6.04 Å². The van der Waals surface area contributed by atoms with Crippen molar-refractivity contribution in [1.82, 2.24) is 5.32 Å². The van der Waals surface area contributed by atoms with Crippen molar-refractivity contribution in [2.24, 2.45) is 5.92 Å². The lowest BCUT2D eigenvalue weighted by molar-refractivity contribution is -0.140. The highest BCUT2D eigenvalue weighted by Gasteiger charge is 2.37. The molecular weight excluding hydrogens is 234 g/mol. The Morgan fingerprint density at radius 2 is 2.18 bits per heavy atom. The van der Waals surface area contributed by atoms with Gasteiger partial charge in [-0.1, -0.05) is 0 Å². The maximum Gasteiger partial charge on any atom is 0.320 e. The smallest absolute Gasteiger partial charge is 0.320 e. The lowest BCUT2D eigenvalue weighted by atomic mass is 10.1. The first-order chi connectivity index (χ1) is 7.99. The summed E-state index contributed by atoms with van der Waals surface area (Å²) in [7, 11) is 0. The summed E-state index contributed by atoms with van der Waals surface area (Å²) in [6, 6.07) is 1.88. The van der Waals surface area contributed by atoms with Gasteiger partial charge in [-0.15, -0.1) is 11.3 Å². The number of carbonyl (C=O) groups is 1. The molecule has 0 radical (unpaired) electrons. The molecule has 2 rings (SSSR count). The van der Waals surface area contributed by atoms with E-state index in [0.29, 0.717) is 5.92 Å². The summed E-state index contributed by atoms with van der Waals surface area (Å²) in [6.07, 6.45) is 2.08. The van der Waals surface area contributed by atoms with Gasteiger partial charge in [0.25, 0.3) is 0 Å². The molecule has 2 unspecified atom stereocenters.